The van der Waals surface area contributed by atoms with Crippen molar-refractivity contribution >= 4 is 39.0 Å². The lowest BCUT2D eigenvalue weighted by atomic mass is 9.97. The summed E-state index contributed by atoms with van der Waals surface area (Å²) in [6.45, 7) is 2.00. The minimum absolute atomic E-state index is 0.0951. The van der Waals surface area contributed by atoms with Crippen molar-refractivity contribution in [1.82, 2.24) is 14.2 Å². The number of likely N-dealkylation sites (tertiary alicyclic amines) is 1. The largest absolute Gasteiger partial charge is 0.339 e. The first-order valence-corrected chi connectivity index (χ1v) is 12.9. The fraction of sp³-hybridized carbons (Fsp3) is 0.476. The molecule has 2 amide bonds. The minimum atomic E-state index is -3.68. The first kappa shape index (κ1) is 21.9. The summed E-state index contributed by atoms with van der Waals surface area (Å²) in [5.74, 6) is 0.00339. The van der Waals surface area contributed by atoms with Crippen molar-refractivity contribution in [1.29, 1.82) is 0 Å². The van der Waals surface area contributed by atoms with Gasteiger partial charge in [0.2, 0.25) is 5.91 Å². The molecule has 2 aromatic rings. The van der Waals surface area contributed by atoms with E-state index in [4.69, 9.17) is 0 Å². The van der Waals surface area contributed by atoms with E-state index in [1.807, 2.05) is 0 Å². The van der Waals surface area contributed by atoms with E-state index in [0.717, 1.165) is 43.7 Å². The van der Waals surface area contributed by atoms with E-state index >= 15 is 0 Å². The molecule has 0 spiro atoms. The first-order valence-electron chi connectivity index (χ1n) is 10.5. The lowest BCUT2D eigenvalue weighted by molar-refractivity contribution is -0.120. The second kappa shape index (κ2) is 9.46. The number of aromatic nitrogens is 1. The molecular weight excluding hydrogens is 436 g/mol. The van der Waals surface area contributed by atoms with Crippen molar-refractivity contribution in [2.75, 3.05) is 31.5 Å². The van der Waals surface area contributed by atoms with Crippen LogP contribution in [0.25, 0.3) is 0 Å². The third kappa shape index (κ3) is 4.97. The van der Waals surface area contributed by atoms with Crippen molar-refractivity contribution in [3.05, 3.63) is 41.4 Å². The number of piperidine rings is 2. The summed E-state index contributed by atoms with van der Waals surface area (Å²) >= 11 is 1.09. The Bertz CT molecular complexity index is 1020. The summed E-state index contributed by atoms with van der Waals surface area (Å²) in [5, 5.41) is 4.42. The van der Waals surface area contributed by atoms with Gasteiger partial charge in [-0.25, -0.2) is 13.4 Å². The zero-order chi connectivity index (χ0) is 21.8. The highest BCUT2D eigenvalue weighted by molar-refractivity contribution is 7.91. The Morgan fingerprint density at radius 3 is 2.48 bits per heavy atom. The van der Waals surface area contributed by atoms with Crippen LogP contribution < -0.4 is 5.32 Å². The number of nitrogens with one attached hydrogen (secondary N) is 1. The number of carbonyl (C=O) groups excluding carboxylic acids is 2. The lowest BCUT2D eigenvalue weighted by Gasteiger charge is -2.30. The normalized spacial score (nSPS) is 18.6. The van der Waals surface area contributed by atoms with Crippen LogP contribution in [0.3, 0.4) is 0 Å². The van der Waals surface area contributed by atoms with E-state index in [9.17, 15) is 18.0 Å². The molecule has 0 aliphatic carbocycles. The number of rotatable bonds is 5. The highest BCUT2D eigenvalue weighted by atomic mass is 32.2. The average molecular weight is 463 g/mol. The monoisotopic (exact) mass is 462 g/mol. The van der Waals surface area contributed by atoms with Gasteiger partial charge in [-0.2, -0.15) is 4.31 Å². The number of pyridine rings is 1. The topological polar surface area (TPSA) is 99.7 Å². The molecule has 2 aliphatic rings. The Labute approximate surface area is 186 Å². The van der Waals surface area contributed by atoms with Crippen LogP contribution in [-0.2, 0) is 14.8 Å². The number of carbonyl (C=O) groups is 2. The third-order valence-electron chi connectivity index (χ3n) is 5.80. The maximum atomic E-state index is 13.1. The number of thiophene rings is 1. The molecule has 4 heterocycles. The van der Waals surface area contributed by atoms with Crippen LogP contribution in [-0.4, -0.2) is 60.6 Å². The second-order valence-electron chi connectivity index (χ2n) is 7.89. The zero-order valence-electron chi connectivity index (χ0n) is 17.2. The van der Waals surface area contributed by atoms with E-state index in [0.29, 0.717) is 24.2 Å². The number of nitrogens with zero attached hydrogens (tertiary/aromatic N) is 3. The molecule has 1 N–H and O–H groups in total. The molecule has 0 atom stereocenters. The van der Waals surface area contributed by atoms with E-state index in [-0.39, 0.29) is 35.0 Å². The van der Waals surface area contributed by atoms with Gasteiger partial charge in [0.05, 0.1) is 5.56 Å². The molecule has 0 unspecified atom stereocenters. The van der Waals surface area contributed by atoms with Gasteiger partial charge < -0.3 is 10.2 Å². The molecule has 0 aromatic carbocycles. The van der Waals surface area contributed by atoms with Gasteiger partial charge in [-0.3, -0.25) is 9.59 Å². The first-order chi connectivity index (χ1) is 14.9. The van der Waals surface area contributed by atoms with E-state index in [2.05, 4.69) is 10.3 Å². The molecule has 2 aliphatic heterocycles. The van der Waals surface area contributed by atoms with Crippen molar-refractivity contribution in [2.45, 2.75) is 36.3 Å². The lowest BCUT2D eigenvalue weighted by Crippen LogP contribution is -2.41. The number of hydrogen-bond acceptors (Lipinski definition) is 6. The SMILES string of the molecule is O=C(Nc1ccccn1)C1CCN(S(=O)(=O)c2cc(C(=O)N3CCCCC3)cs2)CC1. The molecule has 8 nitrogen and oxygen atoms in total. The summed E-state index contributed by atoms with van der Waals surface area (Å²) in [6.07, 6.45) is 5.61. The van der Waals surface area contributed by atoms with E-state index in [1.165, 1.54) is 10.4 Å². The summed E-state index contributed by atoms with van der Waals surface area (Å²) in [6, 6.07) is 6.78. The van der Waals surface area contributed by atoms with Crippen molar-refractivity contribution in [2.24, 2.45) is 5.92 Å². The Hall–Kier alpha value is -2.30. The molecule has 2 saturated heterocycles. The van der Waals surface area contributed by atoms with Gasteiger partial charge in [0.1, 0.15) is 10.0 Å². The van der Waals surface area contributed by atoms with Crippen LogP contribution in [0.1, 0.15) is 42.5 Å². The van der Waals surface area contributed by atoms with Crippen LogP contribution in [0.4, 0.5) is 5.82 Å². The Kier molecular flexibility index (Phi) is 6.68. The van der Waals surface area contributed by atoms with Crippen LogP contribution in [0, 0.1) is 5.92 Å². The fourth-order valence-corrected chi connectivity index (χ4v) is 6.77. The number of amides is 2. The maximum Gasteiger partial charge on any atom is 0.254 e. The molecule has 4 rings (SSSR count). The summed E-state index contributed by atoms with van der Waals surface area (Å²) < 4.78 is 27.7. The minimum Gasteiger partial charge on any atom is -0.339 e. The Morgan fingerprint density at radius 2 is 1.81 bits per heavy atom. The number of anilines is 1. The van der Waals surface area contributed by atoms with Gasteiger partial charge in [0.25, 0.3) is 15.9 Å². The van der Waals surface area contributed by atoms with Crippen molar-refractivity contribution in [3.8, 4) is 0 Å². The highest BCUT2D eigenvalue weighted by Gasteiger charge is 2.33. The predicted molar refractivity (Wildman–Crippen MR) is 118 cm³/mol. The number of hydrogen-bond donors (Lipinski definition) is 1. The molecule has 166 valence electrons. The van der Waals surface area contributed by atoms with Crippen LogP contribution in [0.15, 0.2) is 40.1 Å². The van der Waals surface area contributed by atoms with E-state index in [1.54, 1.807) is 34.7 Å². The summed E-state index contributed by atoms with van der Waals surface area (Å²) in [5.41, 5.74) is 0.440. The molecular formula is C21H26N4O4S2. The summed E-state index contributed by atoms with van der Waals surface area (Å²) in [7, 11) is -3.68. The smallest absolute Gasteiger partial charge is 0.254 e. The molecule has 0 bridgehead atoms. The Morgan fingerprint density at radius 1 is 1.06 bits per heavy atom. The number of sulfonamides is 1. The molecule has 31 heavy (non-hydrogen) atoms. The molecule has 10 heteroatoms. The standard InChI is InChI=1S/C21H26N4O4S2/c26-20(23-18-6-2-3-9-22-18)16-7-12-25(13-8-16)31(28,29)19-14-17(15-30-19)21(27)24-10-4-1-5-11-24/h2-3,6,9,14-16H,1,4-5,7-8,10-13H2,(H,22,23,26). The van der Waals surface area contributed by atoms with Gasteiger partial charge in [0.15, 0.2) is 0 Å². The van der Waals surface area contributed by atoms with Gasteiger partial charge in [-0.05, 0) is 50.3 Å². The van der Waals surface area contributed by atoms with Gasteiger partial charge in [-0.1, -0.05) is 6.07 Å². The zero-order valence-corrected chi connectivity index (χ0v) is 18.8. The van der Waals surface area contributed by atoms with Gasteiger partial charge in [0, 0.05) is 43.7 Å². The molecule has 0 saturated carbocycles. The average Bonchev–Trinajstić information content (AvgIpc) is 3.31. The van der Waals surface area contributed by atoms with Crippen LogP contribution >= 0.6 is 11.3 Å². The quantitative estimate of drug-likeness (QED) is 0.737. The predicted octanol–water partition coefficient (Wildman–Crippen LogP) is 2.81. The van der Waals surface area contributed by atoms with Crippen LogP contribution in [0.2, 0.25) is 0 Å². The Balaban J connectivity index is 1.36. The van der Waals surface area contributed by atoms with Gasteiger partial charge >= 0.3 is 0 Å². The third-order valence-corrected chi connectivity index (χ3v) is 9.11. The molecule has 0 radical (unpaired) electrons. The van der Waals surface area contributed by atoms with E-state index < -0.39 is 10.0 Å². The highest BCUT2D eigenvalue weighted by Crippen LogP contribution is 2.29. The van der Waals surface area contributed by atoms with Gasteiger partial charge in [-0.15, -0.1) is 11.3 Å². The van der Waals surface area contributed by atoms with Crippen molar-refractivity contribution < 1.29 is 18.0 Å². The van der Waals surface area contributed by atoms with Crippen LogP contribution in [0.5, 0.6) is 0 Å². The van der Waals surface area contributed by atoms with Crippen molar-refractivity contribution in [3.63, 3.8) is 0 Å². The summed E-state index contributed by atoms with van der Waals surface area (Å²) in [4.78, 5) is 31.0. The molecule has 2 aromatic heterocycles. The fourth-order valence-electron chi connectivity index (χ4n) is 3.99. The maximum absolute atomic E-state index is 13.1. The second-order valence-corrected chi connectivity index (χ2v) is 11.0. The molecule has 2 fully saturated rings.